The van der Waals surface area contributed by atoms with Crippen LogP contribution in [0.4, 0.5) is 5.69 Å². The van der Waals surface area contributed by atoms with Gasteiger partial charge >= 0.3 is 0 Å². The van der Waals surface area contributed by atoms with Crippen LogP contribution < -0.4 is 16.3 Å². The second-order valence-corrected chi connectivity index (χ2v) is 5.73. The van der Waals surface area contributed by atoms with Crippen LogP contribution >= 0.6 is 40.4 Å². The summed E-state index contributed by atoms with van der Waals surface area (Å²) in [6, 6.07) is 7.38. The summed E-state index contributed by atoms with van der Waals surface area (Å²) in [6.07, 6.45) is 1.13. The summed E-state index contributed by atoms with van der Waals surface area (Å²) in [7, 11) is 0. The van der Waals surface area contributed by atoms with Gasteiger partial charge in [-0.1, -0.05) is 15.9 Å². The van der Waals surface area contributed by atoms with Gasteiger partial charge in [0.25, 0.3) is 5.56 Å². The Morgan fingerprint density at radius 3 is 2.64 bits per heavy atom. The number of aromatic amines is 2. The number of anilines is 1. The van der Waals surface area contributed by atoms with Gasteiger partial charge in [-0.15, -0.1) is 0 Å². The van der Waals surface area contributed by atoms with Crippen molar-refractivity contribution in [2.75, 3.05) is 5.32 Å². The maximum atomic E-state index is 11.6. The molecule has 0 aliphatic rings. The third kappa shape index (κ3) is 4.48. The summed E-state index contributed by atoms with van der Waals surface area (Å²) in [6.45, 7) is 0. The maximum Gasteiger partial charge on any atom is 0.264 e. The minimum atomic E-state index is -0.557. The second-order valence-electron chi connectivity index (χ2n) is 4.00. The van der Waals surface area contributed by atoms with Crippen LogP contribution in [0.3, 0.4) is 0 Å². The largest absolute Gasteiger partial charge is 0.494 e. The zero-order valence-corrected chi connectivity index (χ0v) is 14.1. The van der Waals surface area contributed by atoms with Crippen LogP contribution in [-0.4, -0.2) is 26.4 Å². The molecule has 1 aromatic heterocycles. The molecule has 0 spiro atoms. The molecular formula is C12H10BrN5O2S2. The summed E-state index contributed by atoms with van der Waals surface area (Å²) in [5.74, 6) is -0.369. The van der Waals surface area contributed by atoms with Gasteiger partial charge in [0, 0.05) is 10.2 Å². The highest BCUT2D eigenvalue weighted by Gasteiger charge is 2.04. The first-order valence-corrected chi connectivity index (χ1v) is 7.48. The quantitative estimate of drug-likeness (QED) is 0.308. The minimum Gasteiger partial charge on any atom is -0.494 e. The minimum absolute atomic E-state index is 0.0278. The van der Waals surface area contributed by atoms with Crippen molar-refractivity contribution in [1.82, 2.24) is 15.4 Å². The fourth-order valence-electron chi connectivity index (χ4n) is 1.45. The molecule has 0 aliphatic heterocycles. The number of nitrogens with one attached hydrogen (secondary N) is 4. The molecule has 0 radical (unpaired) electrons. The third-order valence-corrected chi connectivity index (χ3v) is 3.35. The molecule has 114 valence electrons. The van der Waals surface area contributed by atoms with Gasteiger partial charge in [0.05, 0.1) is 6.21 Å². The zero-order valence-electron chi connectivity index (χ0n) is 10.9. The Labute approximate surface area is 143 Å². The van der Waals surface area contributed by atoms with E-state index < -0.39 is 5.56 Å². The van der Waals surface area contributed by atoms with Crippen LogP contribution in [0.1, 0.15) is 5.56 Å². The van der Waals surface area contributed by atoms with E-state index in [0.29, 0.717) is 0 Å². The summed E-state index contributed by atoms with van der Waals surface area (Å²) in [5, 5.41) is 16.5. The maximum absolute atomic E-state index is 11.6. The molecule has 2 aromatic rings. The third-order valence-electron chi connectivity index (χ3n) is 2.42. The van der Waals surface area contributed by atoms with Gasteiger partial charge < -0.3 is 15.4 Å². The topological polar surface area (TPSA) is 105 Å². The van der Waals surface area contributed by atoms with Gasteiger partial charge in [0.2, 0.25) is 5.88 Å². The highest BCUT2D eigenvalue weighted by Crippen LogP contribution is 2.13. The normalized spacial score (nSPS) is 10.6. The lowest BCUT2D eigenvalue weighted by atomic mass is 10.3. The average molecular weight is 400 g/mol. The number of halogens is 1. The van der Waals surface area contributed by atoms with Crippen LogP contribution in [0.25, 0.3) is 0 Å². The van der Waals surface area contributed by atoms with Crippen molar-refractivity contribution in [1.29, 1.82) is 0 Å². The summed E-state index contributed by atoms with van der Waals surface area (Å²) in [4.78, 5) is 16.3. The predicted octanol–water partition coefficient (Wildman–Crippen LogP) is 2.22. The lowest BCUT2D eigenvalue weighted by Crippen LogP contribution is -2.24. The molecule has 22 heavy (non-hydrogen) atoms. The standard InChI is InChI=1S/C12H10BrN5O2S2/c13-6-1-3-7(4-2-6)15-12(22)18-14-5-8-9(19)16-11(21)17-10(8)20/h1-5H,(H2,15,18,22)(H3,16,17,19,20,21)/b14-5+. The summed E-state index contributed by atoms with van der Waals surface area (Å²) >= 11 is 13.1. The molecule has 10 heteroatoms. The fraction of sp³-hybridized carbons (Fsp3) is 0. The smallest absolute Gasteiger partial charge is 0.264 e. The molecule has 0 atom stereocenters. The predicted molar refractivity (Wildman–Crippen MR) is 95.0 cm³/mol. The molecular weight excluding hydrogens is 390 g/mol. The van der Waals surface area contributed by atoms with Crippen molar-refractivity contribution in [3.05, 3.63) is 49.4 Å². The first kappa shape index (κ1) is 16.3. The van der Waals surface area contributed by atoms with E-state index in [1.165, 1.54) is 0 Å². The van der Waals surface area contributed by atoms with E-state index in [1.807, 2.05) is 24.3 Å². The molecule has 0 amide bonds. The van der Waals surface area contributed by atoms with Crippen molar-refractivity contribution in [2.24, 2.45) is 5.10 Å². The summed E-state index contributed by atoms with van der Waals surface area (Å²) < 4.78 is 0.978. The molecule has 1 heterocycles. The van der Waals surface area contributed by atoms with E-state index in [2.05, 4.69) is 41.7 Å². The van der Waals surface area contributed by atoms with Gasteiger partial charge in [-0.2, -0.15) is 5.10 Å². The average Bonchev–Trinajstić information content (AvgIpc) is 2.44. The zero-order chi connectivity index (χ0) is 16.1. The van der Waals surface area contributed by atoms with Crippen LogP contribution in [0, 0.1) is 4.77 Å². The number of nitrogens with zero attached hydrogens (tertiary/aromatic N) is 1. The van der Waals surface area contributed by atoms with Crippen molar-refractivity contribution in [2.45, 2.75) is 0 Å². The first-order valence-electron chi connectivity index (χ1n) is 5.87. The number of hydrogen-bond acceptors (Lipinski definition) is 5. The molecule has 0 saturated carbocycles. The van der Waals surface area contributed by atoms with Crippen molar-refractivity contribution in [3.8, 4) is 5.88 Å². The first-order chi connectivity index (χ1) is 10.5. The number of benzene rings is 1. The van der Waals surface area contributed by atoms with E-state index >= 15 is 0 Å². The molecule has 7 nitrogen and oxygen atoms in total. The van der Waals surface area contributed by atoms with Crippen LogP contribution in [0.15, 0.2) is 38.6 Å². The van der Waals surface area contributed by atoms with E-state index in [-0.39, 0.29) is 21.3 Å². The number of hydrazone groups is 1. The molecule has 0 aliphatic carbocycles. The van der Waals surface area contributed by atoms with E-state index in [1.54, 1.807) is 0 Å². The Hall–Kier alpha value is -2.04. The Balaban J connectivity index is 2.00. The lowest BCUT2D eigenvalue weighted by Gasteiger charge is -2.06. The van der Waals surface area contributed by atoms with Gasteiger partial charge in [-0.25, -0.2) is 0 Å². The van der Waals surface area contributed by atoms with Crippen molar-refractivity contribution < 1.29 is 5.11 Å². The van der Waals surface area contributed by atoms with Gasteiger partial charge in [-0.3, -0.25) is 15.2 Å². The second kappa shape index (κ2) is 7.29. The molecule has 0 unspecified atom stereocenters. The van der Waals surface area contributed by atoms with Crippen molar-refractivity contribution in [3.63, 3.8) is 0 Å². The highest BCUT2D eigenvalue weighted by atomic mass is 79.9. The van der Waals surface area contributed by atoms with Gasteiger partial charge in [0.1, 0.15) is 5.56 Å². The van der Waals surface area contributed by atoms with E-state index in [0.717, 1.165) is 16.4 Å². The molecule has 1 aromatic carbocycles. The van der Waals surface area contributed by atoms with Crippen LogP contribution in [0.5, 0.6) is 5.88 Å². The Morgan fingerprint density at radius 1 is 1.32 bits per heavy atom. The number of rotatable bonds is 3. The van der Waals surface area contributed by atoms with E-state index in [9.17, 15) is 9.90 Å². The molecule has 0 fully saturated rings. The molecule has 2 rings (SSSR count). The Bertz CT molecular complexity index is 829. The monoisotopic (exact) mass is 399 g/mol. The summed E-state index contributed by atoms with van der Waals surface area (Å²) in [5.41, 5.74) is 2.70. The van der Waals surface area contributed by atoms with E-state index in [4.69, 9.17) is 24.4 Å². The number of aromatic hydroxyl groups is 1. The molecule has 5 N–H and O–H groups in total. The van der Waals surface area contributed by atoms with Crippen LogP contribution in [-0.2, 0) is 0 Å². The molecule has 0 bridgehead atoms. The number of aromatic nitrogens is 2. The fourth-order valence-corrected chi connectivity index (χ4v) is 2.08. The Morgan fingerprint density at radius 2 is 2.00 bits per heavy atom. The van der Waals surface area contributed by atoms with Gasteiger partial charge in [0.15, 0.2) is 9.88 Å². The highest BCUT2D eigenvalue weighted by molar-refractivity contribution is 9.10. The number of H-pyrrole nitrogens is 2. The molecule has 0 saturated heterocycles. The lowest BCUT2D eigenvalue weighted by molar-refractivity contribution is 0.449. The van der Waals surface area contributed by atoms with Crippen LogP contribution in [0.2, 0.25) is 0 Å². The number of thiocarbonyl (C=S) groups is 1. The van der Waals surface area contributed by atoms with Gasteiger partial charge in [-0.05, 0) is 48.7 Å². The Kier molecular flexibility index (Phi) is 5.41. The van der Waals surface area contributed by atoms with Crippen molar-refractivity contribution >= 4 is 57.4 Å². The number of hydrogen-bond donors (Lipinski definition) is 5. The SMILES string of the molecule is O=c1[nH]c(=S)[nH]c(O)c1/C=N/NC(=S)Nc1ccc(Br)cc1.